The van der Waals surface area contributed by atoms with Gasteiger partial charge in [0.25, 0.3) is 0 Å². The molecule has 1 aliphatic rings. The summed E-state index contributed by atoms with van der Waals surface area (Å²) in [7, 11) is 0. The lowest BCUT2D eigenvalue weighted by molar-refractivity contribution is 0.134. The molecule has 1 rings (SSSR count). The van der Waals surface area contributed by atoms with E-state index in [2.05, 4.69) is 6.92 Å². The fourth-order valence-corrected chi connectivity index (χ4v) is 2.24. The van der Waals surface area contributed by atoms with Gasteiger partial charge in [0.15, 0.2) is 0 Å². The summed E-state index contributed by atoms with van der Waals surface area (Å²) in [5, 5.41) is 8.98. The molecule has 2 nitrogen and oxygen atoms in total. The van der Waals surface area contributed by atoms with Crippen molar-refractivity contribution in [1.29, 1.82) is 0 Å². The molecule has 1 aliphatic carbocycles. The Balaban J connectivity index is 2.37. The highest BCUT2D eigenvalue weighted by molar-refractivity contribution is 4.76. The molecule has 0 radical (unpaired) electrons. The molecule has 0 aliphatic heterocycles. The van der Waals surface area contributed by atoms with Crippen molar-refractivity contribution in [2.45, 2.75) is 26.2 Å². The van der Waals surface area contributed by atoms with Crippen LogP contribution in [0.1, 0.15) is 26.2 Å². The van der Waals surface area contributed by atoms with E-state index in [1.807, 2.05) is 0 Å². The first-order valence-electron chi connectivity index (χ1n) is 4.57. The van der Waals surface area contributed by atoms with E-state index < -0.39 is 0 Å². The van der Waals surface area contributed by atoms with Crippen LogP contribution in [0.2, 0.25) is 0 Å². The van der Waals surface area contributed by atoms with Crippen LogP contribution < -0.4 is 5.73 Å². The van der Waals surface area contributed by atoms with Crippen LogP contribution in [-0.2, 0) is 0 Å². The summed E-state index contributed by atoms with van der Waals surface area (Å²) in [6.45, 7) is 3.39. The van der Waals surface area contributed by atoms with Gasteiger partial charge in [-0.2, -0.15) is 0 Å². The fraction of sp³-hybridized carbons (Fsp3) is 1.00. The first kappa shape index (κ1) is 9.01. The lowest BCUT2D eigenvalue weighted by Gasteiger charge is -2.31. The number of rotatable bonds is 2. The van der Waals surface area contributed by atoms with E-state index in [0.717, 1.165) is 18.9 Å². The lowest BCUT2D eigenvalue weighted by atomic mass is 9.76. The Kier molecular flexibility index (Phi) is 3.34. The van der Waals surface area contributed by atoms with Crippen molar-refractivity contribution in [3.05, 3.63) is 0 Å². The largest absolute Gasteiger partial charge is 0.396 e. The highest BCUT2D eigenvalue weighted by Gasteiger charge is 2.24. The number of hydrogen-bond acceptors (Lipinski definition) is 2. The van der Waals surface area contributed by atoms with Crippen molar-refractivity contribution in [3.8, 4) is 0 Å². The van der Waals surface area contributed by atoms with Crippen molar-refractivity contribution >= 4 is 0 Å². The maximum Gasteiger partial charge on any atom is 0.0459 e. The summed E-state index contributed by atoms with van der Waals surface area (Å²) >= 11 is 0. The standard InChI is InChI=1S/C9H19NO/c1-7-2-8(5-10)4-9(3-7)6-11/h7-9,11H,2-6,10H2,1H3/t7-,8-,9+/m1/s1. The zero-order valence-corrected chi connectivity index (χ0v) is 7.29. The van der Waals surface area contributed by atoms with Crippen molar-refractivity contribution < 1.29 is 5.11 Å². The number of nitrogens with two attached hydrogens (primary N) is 1. The van der Waals surface area contributed by atoms with E-state index in [1.165, 1.54) is 12.8 Å². The minimum absolute atomic E-state index is 0.348. The zero-order valence-electron chi connectivity index (χ0n) is 7.29. The first-order valence-corrected chi connectivity index (χ1v) is 4.57. The van der Waals surface area contributed by atoms with Crippen LogP contribution in [0.3, 0.4) is 0 Å². The summed E-state index contributed by atoms with van der Waals surface area (Å²) in [5.41, 5.74) is 5.60. The Bertz CT molecular complexity index is 104. The number of aliphatic hydroxyl groups is 1. The molecule has 1 saturated carbocycles. The molecule has 0 heterocycles. The second kappa shape index (κ2) is 4.07. The van der Waals surface area contributed by atoms with Gasteiger partial charge < -0.3 is 10.8 Å². The quantitative estimate of drug-likeness (QED) is 0.628. The van der Waals surface area contributed by atoms with Crippen molar-refractivity contribution in [2.75, 3.05) is 13.2 Å². The minimum atomic E-state index is 0.348. The van der Waals surface area contributed by atoms with Gasteiger partial charge in [-0.15, -0.1) is 0 Å². The number of aliphatic hydroxyl groups excluding tert-OH is 1. The second-order valence-corrected chi connectivity index (χ2v) is 3.96. The van der Waals surface area contributed by atoms with E-state index >= 15 is 0 Å². The van der Waals surface area contributed by atoms with Gasteiger partial charge in [0.1, 0.15) is 0 Å². The minimum Gasteiger partial charge on any atom is -0.396 e. The van der Waals surface area contributed by atoms with Crippen LogP contribution >= 0.6 is 0 Å². The van der Waals surface area contributed by atoms with E-state index in [-0.39, 0.29) is 0 Å². The van der Waals surface area contributed by atoms with Crippen LogP contribution in [0, 0.1) is 17.8 Å². The van der Waals surface area contributed by atoms with Crippen LogP contribution in [0.5, 0.6) is 0 Å². The van der Waals surface area contributed by atoms with Crippen molar-refractivity contribution in [3.63, 3.8) is 0 Å². The summed E-state index contributed by atoms with van der Waals surface area (Å²) in [6.07, 6.45) is 3.58. The molecule has 0 spiro atoms. The average molecular weight is 157 g/mol. The summed E-state index contributed by atoms with van der Waals surface area (Å²) < 4.78 is 0. The molecule has 1 fully saturated rings. The monoisotopic (exact) mass is 157 g/mol. The molecule has 0 saturated heterocycles. The third-order valence-electron chi connectivity index (χ3n) is 2.73. The van der Waals surface area contributed by atoms with E-state index in [9.17, 15) is 0 Å². The molecule has 0 bridgehead atoms. The maximum absolute atomic E-state index is 8.98. The summed E-state index contributed by atoms with van der Waals surface area (Å²) in [6, 6.07) is 0. The lowest BCUT2D eigenvalue weighted by Crippen LogP contribution is -2.28. The molecule has 2 heteroatoms. The van der Waals surface area contributed by atoms with Crippen LogP contribution in [0.4, 0.5) is 0 Å². The van der Waals surface area contributed by atoms with Crippen LogP contribution in [0.15, 0.2) is 0 Å². The van der Waals surface area contributed by atoms with Gasteiger partial charge in [-0.05, 0) is 43.6 Å². The highest BCUT2D eigenvalue weighted by Crippen LogP contribution is 2.31. The predicted octanol–water partition coefficient (Wildman–Crippen LogP) is 0.990. The average Bonchev–Trinajstić information content (AvgIpc) is 2.03. The Morgan fingerprint density at radius 3 is 2.45 bits per heavy atom. The zero-order chi connectivity index (χ0) is 8.27. The highest BCUT2D eigenvalue weighted by atomic mass is 16.3. The first-order chi connectivity index (χ1) is 5.26. The smallest absolute Gasteiger partial charge is 0.0459 e. The molecular weight excluding hydrogens is 138 g/mol. The molecule has 66 valence electrons. The van der Waals surface area contributed by atoms with Crippen molar-refractivity contribution in [2.24, 2.45) is 23.5 Å². The van der Waals surface area contributed by atoms with Gasteiger partial charge in [-0.1, -0.05) is 6.92 Å². The Hall–Kier alpha value is -0.0800. The predicted molar refractivity (Wildman–Crippen MR) is 46.1 cm³/mol. The Morgan fingerprint density at radius 1 is 1.27 bits per heavy atom. The topological polar surface area (TPSA) is 46.2 Å². The molecule has 3 atom stereocenters. The number of hydrogen-bond donors (Lipinski definition) is 2. The Labute approximate surface area is 68.8 Å². The fourth-order valence-electron chi connectivity index (χ4n) is 2.24. The van der Waals surface area contributed by atoms with Crippen molar-refractivity contribution in [1.82, 2.24) is 0 Å². The van der Waals surface area contributed by atoms with Gasteiger partial charge in [0, 0.05) is 6.61 Å². The third kappa shape index (κ3) is 2.46. The molecule has 0 amide bonds. The third-order valence-corrected chi connectivity index (χ3v) is 2.73. The van der Waals surface area contributed by atoms with E-state index in [0.29, 0.717) is 18.4 Å². The Morgan fingerprint density at radius 2 is 1.91 bits per heavy atom. The molecular formula is C9H19NO. The summed E-state index contributed by atoms with van der Waals surface area (Å²) in [5.74, 6) is 1.94. The second-order valence-electron chi connectivity index (χ2n) is 3.96. The van der Waals surface area contributed by atoms with E-state index in [4.69, 9.17) is 10.8 Å². The molecule has 3 N–H and O–H groups in total. The molecule has 11 heavy (non-hydrogen) atoms. The van der Waals surface area contributed by atoms with Gasteiger partial charge in [-0.3, -0.25) is 0 Å². The van der Waals surface area contributed by atoms with E-state index in [1.54, 1.807) is 0 Å². The van der Waals surface area contributed by atoms with Crippen LogP contribution in [-0.4, -0.2) is 18.3 Å². The van der Waals surface area contributed by atoms with Gasteiger partial charge >= 0.3 is 0 Å². The normalized spacial score (nSPS) is 39.0. The SMILES string of the molecule is C[C@@H]1C[C@@H](CN)C[C@@H](CO)C1. The van der Waals surface area contributed by atoms with Crippen LogP contribution in [0.25, 0.3) is 0 Å². The maximum atomic E-state index is 8.98. The molecule has 0 aromatic rings. The van der Waals surface area contributed by atoms with Gasteiger partial charge in [-0.25, -0.2) is 0 Å². The molecule has 0 unspecified atom stereocenters. The van der Waals surface area contributed by atoms with Gasteiger partial charge in [0.2, 0.25) is 0 Å². The molecule has 0 aromatic heterocycles. The van der Waals surface area contributed by atoms with Gasteiger partial charge in [0.05, 0.1) is 0 Å². The summed E-state index contributed by atoms with van der Waals surface area (Å²) in [4.78, 5) is 0. The molecule has 0 aromatic carbocycles.